The molecule has 2 N–H and O–H groups in total. The summed E-state index contributed by atoms with van der Waals surface area (Å²) in [6.07, 6.45) is -1.91. The lowest BCUT2D eigenvalue weighted by atomic mass is 10.1. The number of hydrogen-bond acceptors (Lipinski definition) is 5. The minimum absolute atomic E-state index is 0.0769. The second-order valence-corrected chi connectivity index (χ2v) is 2.27. The smallest absolute Gasteiger partial charge is 0.148 e. The van der Waals surface area contributed by atoms with Gasteiger partial charge in [-0.3, -0.25) is 0 Å². The molecule has 3 atom stereocenters. The van der Waals surface area contributed by atoms with Crippen LogP contribution >= 0.6 is 0 Å². The van der Waals surface area contributed by atoms with Gasteiger partial charge in [0.25, 0.3) is 0 Å². The van der Waals surface area contributed by atoms with Gasteiger partial charge in [-0.05, 0) is 0 Å². The zero-order valence-electron chi connectivity index (χ0n) is 5.30. The summed E-state index contributed by atoms with van der Waals surface area (Å²) < 4.78 is 4.73. The van der Waals surface area contributed by atoms with E-state index in [1.54, 1.807) is 0 Å². The summed E-state index contributed by atoms with van der Waals surface area (Å²) in [5, 5.41) is 20.5. The fourth-order valence-corrected chi connectivity index (χ4v) is 0.904. The van der Waals surface area contributed by atoms with E-state index in [9.17, 15) is 4.91 Å². The first-order valence-electron chi connectivity index (χ1n) is 3.02. The average molecular weight is 147 g/mol. The second kappa shape index (κ2) is 3.05. The standard InChI is InChI=1S/C5H9NO4/c7-3-1-10-2-4(8)5(3)6-9/h3-5,7-8H,1-2H2/t3-,4+,5+. The molecule has 0 aromatic carbocycles. The van der Waals surface area contributed by atoms with Crippen molar-refractivity contribution in [3.63, 3.8) is 0 Å². The maximum absolute atomic E-state index is 9.96. The number of nitroso groups, excluding NO2 is 1. The molecule has 0 unspecified atom stereocenters. The van der Waals surface area contributed by atoms with E-state index in [-0.39, 0.29) is 13.2 Å². The molecule has 10 heavy (non-hydrogen) atoms. The van der Waals surface area contributed by atoms with Crippen LogP contribution in [0.25, 0.3) is 0 Å². The number of aliphatic hydroxyl groups excluding tert-OH is 2. The van der Waals surface area contributed by atoms with Gasteiger partial charge in [0.1, 0.15) is 18.2 Å². The van der Waals surface area contributed by atoms with Crippen LogP contribution in [0, 0.1) is 4.91 Å². The van der Waals surface area contributed by atoms with Gasteiger partial charge in [-0.1, -0.05) is 5.18 Å². The summed E-state index contributed by atoms with van der Waals surface area (Å²) in [5.74, 6) is 0. The molecule has 1 heterocycles. The first-order valence-corrected chi connectivity index (χ1v) is 3.02. The first kappa shape index (κ1) is 7.59. The molecule has 0 spiro atoms. The fraction of sp³-hybridized carbons (Fsp3) is 1.00. The molecule has 0 aromatic rings. The Kier molecular flexibility index (Phi) is 2.31. The largest absolute Gasteiger partial charge is 0.388 e. The van der Waals surface area contributed by atoms with Gasteiger partial charge in [0.2, 0.25) is 0 Å². The molecule has 1 saturated heterocycles. The van der Waals surface area contributed by atoms with E-state index in [1.807, 2.05) is 0 Å². The van der Waals surface area contributed by atoms with E-state index in [4.69, 9.17) is 14.9 Å². The van der Waals surface area contributed by atoms with Crippen LogP contribution in [0.4, 0.5) is 0 Å². The van der Waals surface area contributed by atoms with E-state index in [0.717, 1.165) is 0 Å². The van der Waals surface area contributed by atoms with Crippen LogP contribution in [0.15, 0.2) is 5.18 Å². The van der Waals surface area contributed by atoms with Crippen molar-refractivity contribution in [1.29, 1.82) is 0 Å². The van der Waals surface area contributed by atoms with Gasteiger partial charge in [0.15, 0.2) is 0 Å². The Morgan fingerprint density at radius 1 is 1.30 bits per heavy atom. The summed E-state index contributed by atoms with van der Waals surface area (Å²) in [6.45, 7) is 0.154. The maximum Gasteiger partial charge on any atom is 0.148 e. The van der Waals surface area contributed by atoms with Crippen molar-refractivity contribution in [2.45, 2.75) is 18.2 Å². The molecule has 1 fully saturated rings. The van der Waals surface area contributed by atoms with Crippen molar-refractivity contribution >= 4 is 0 Å². The molecule has 5 nitrogen and oxygen atoms in total. The third-order valence-corrected chi connectivity index (χ3v) is 1.49. The molecule has 0 amide bonds. The Hall–Kier alpha value is -0.520. The highest BCUT2D eigenvalue weighted by Crippen LogP contribution is 2.11. The van der Waals surface area contributed by atoms with Crippen molar-refractivity contribution in [2.75, 3.05) is 13.2 Å². The number of aliphatic hydroxyl groups is 2. The minimum atomic E-state index is -0.957. The molecule has 0 saturated carbocycles. The molecule has 1 aliphatic rings. The number of rotatable bonds is 1. The zero-order chi connectivity index (χ0) is 7.56. The van der Waals surface area contributed by atoms with E-state index in [2.05, 4.69) is 5.18 Å². The first-order chi connectivity index (χ1) is 4.75. The van der Waals surface area contributed by atoms with Gasteiger partial charge in [-0.15, -0.1) is 0 Å². The summed E-state index contributed by atoms with van der Waals surface area (Å²) in [5.41, 5.74) is 0. The Bertz CT molecular complexity index is 119. The normalized spacial score (nSPS) is 41.2. The highest BCUT2D eigenvalue weighted by molar-refractivity contribution is 4.85. The van der Waals surface area contributed by atoms with Gasteiger partial charge in [-0.25, -0.2) is 0 Å². The van der Waals surface area contributed by atoms with Crippen molar-refractivity contribution < 1.29 is 14.9 Å². The minimum Gasteiger partial charge on any atom is -0.388 e. The van der Waals surface area contributed by atoms with Crippen LogP contribution in [-0.2, 0) is 4.74 Å². The third kappa shape index (κ3) is 1.31. The highest BCUT2D eigenvalue weighted by atomic mass is 16.5. The zero-order valence-corrected chi connectivity index (χ0v) is 5.30. The van der Waals surface area contributed by atoms with Crippen LogP contribution in [0.1, 0.15) is 0 Å². The summed E-state index contributed by atoms with van der Waals surface area (Å²) >= 11 is 0. The number of ether oxygens (including phenoxy) is 1. The van der Waals surface area contributed by atoms with Crippen LogP contribution in [-0.4, -0.2) is 41.7 Å². The van der Waals surface area contributed by atoms with Gasteiger partial charge in [0.05, 0.1) is 13.2 Å². The summed E-state index contributed by atoms with van der Waals surface area (Å²) in [7, 11) is 0. The highest BCUT2D eigenvalue weighted by Gasteiger charge is 2.32. The lowest BCUT2D eigenvalue weighted by Gasteiger charge is -2.26. The van der Waals surface area contributed by atoms with E-state index >= 15 is 0 Å². The molecule has 1 rings (SSSR count). The molecule has 0 aliphatic carbocycles. The predicted octanol–water partition coefficient (Wildman–Crippen LogP) is -1.13. The molecular weight excluding hydrogens is 138 g/mol. The van der Waals surface area contributed by atoms with Crippen LogP contribution < -0.4 is 0 Å². The fourth-order valence-electron chi connectivity index (χ4n) is 0.904. The predicted molar refractivity (Wildman–Crippen MR) is 32.4 cm³/mol. The van der Waals surface area contributed by atoms with Crippen LogP contribution in [0.2, 0.25) is 0 Å². The number of nitrogens with zero attached hydrogens (tertiary/aromatic N) is 1. The Labute approximate surface area is 57.6 Å². The Balaban J connectivity index is 2.53. The Morgan fingerprint density at radius 2 is 1.80 bits per heavy atom. The Morgan fingerprint density at radius 3 is 2.10 bits per heavy atom. The summed E-state index contributed by atoms with van der Waals surface area (Å²) in [4.78, 5) is 9.96. The van der Waals surface area contributed by atoms with E-state index in [0.29, 0.717) is 0 Å². The van der Waals surface area contributed by atoms with Crippen molar-refractivity contribution in [3.8, 4) is 0 Å². The van der Waals surface area contributed by atoms with E-state index < -0.39 is 18.2 Å². The molecule has 0 aromatic heterocycles. The van der Waals surface area contributed by atoms with Crippen molar-refractivity contribution in [1.82, 2.24) is 0 Å². The van der Waals surface area contributed by atoms with Crippen LogP contribution in [0.5, 0.6) is 0 Å². The van der Waals surface area contributed by atoms with Crippen molar-refractivity contribution in [3.05, 3.63) is 4.91 Å². The molecule has 0 radical (unpaired) electrons. The lowest BCUT2D eigenvalue weighted by Crippen LogP contribution is -2.46. The molecule has 58 valence electrons. The molecule has 5 heteroatoms. The van der Waals surface area contributed by atoms with Gasteiger partial charge < -0.3 is 14.9 Å². The quantitative estimate of drug-likeness (QED) is 0.460. The molecular formula is C5H9NO4. The topological polar surface area (TPSA) is 79.1 Å². The number of hydrogen-bond donors (Lipinski definition) is 2. The van der Waals surface area contributed by atoms with Gasteiger partial charge >= 0.3 is 0 Å². The summed E-state index contributed by atoms with van der Waals surface area (Å²) in [6, 6.07) is -0.922. The second-order valence-electron chi connectivity index (χ2n) is 2.27. The third-order valence-electron chi connectivity index (χ3n) is 1.49. The van der Waals surface area contributed by atoms with Crippen LogP contribution in [0.3, 0.4) is 0 Å². The maximum atomic E-state index is 9.96. The van der Waals surface area contributed by atoms with Crippen molar-refractivity contribution in [2.24, 2.45) is 5.18 Å². The SMILES string of the molecule is O=N[C@H]1[C@H](O)COC[C@@H]1O. The molecule has 1 aliphatic heterocycles. The van der Waals surface area contributed by atoms with Gasteiger partial charge in [-0.2, -0.15) is 4.91 Å². The molecule has 0 bridgehead atoms. The average Bonchev–Trinajstić information content (AvgIpc) is 1.88. The lowest BCUT2D eigenvalue weighted by molar-refractivity contribution is -0.0853. The van der Waals surface area contributed by atoms with E-state index in [1.165, 1.54) is 0 Å². The van der Waals surface area contributed by atoms with Gasteiger partial charge in [0, 0.05) is 0 Å². The monoisotopic (exact) mass is 147 g/mol.